The normalized spacial score (nSPS) is 12.8. The van der Waals surface area contributed by atoms with Gasteiger partial charge in [-0.25, -0.2) is 0 Å². The number of rotatable bonds is 13. The molecule has 4 nitrogen and oxygen atoms in total. The van der Waals surface area contributed by atoms with E-state index in [1.165, 1.54) is 105 Å². The third-order valence-corrected chi connectivity index (χ3v) is 28.2. The summed E-state index contributed by atoms with van der Waals surface area (Å²) in [6.45, 7) is 37.2. The van der Waals surface area contributed by atoms with Crippen molar-refractivity contribution < 1.29 is 0 Å². The molecule has 0 unspecified atom stereocenters. The zero-order valence-electron chi connectivity index (χ0n) is 79.2. The Morgan fingerprint density at radius 1 is 0.195 bits per heavy atom. The molecule has 18 aromatic carbocycles. The van der Waals surface area contributed by atoms with Crippen molar-refractivity contribution in [3.63, 3.8) is 0 Å². The number of aryl methyl sites for hydroxylation is 4. The van der Waals surface area contributed by atoms with Crippen LogP contribution in [-0.2, 0) is 21.7 Å². The molecule has 133 heavy (non-hydrogen) atoms. The van der Waals surface area contributed by atoms with Crippen molar-refractivity contribution in [1.29, 1.82) is 0 Å². The zero-order valence-corrected chi connectivity index (χ0v) is 79.2. The van der Waals surface area contributed by atoms with E-state index < -0.39 is 0 Å². The average Bonchev–Trinajstić information content (AvgIpc) is 1.09. The molecule has 0 bridgehead atoms. The molecule has 0 N–H and O–H groups in total. The maximum atomic E-state index is 2.79. The van der Waals surface area contributed by atoms with Crippen LogP contribution in [0.2, 0.25) is 0 Å². The Hall–Kier alpha value is -14.8. The predicted octanol–water partition coefficient (Wildman–Crippen LogP) is 33.4. The Labute approximate surface area is 784 Å². The lowest BCUT2D eigenvalue weighted by molar-refractivity contribution is 0.569. The second-order valence-electron chi connectivity index (χ2n) is 41.7. The zero-order chi connectivity index (χ0) is 91.4. The molecule has 4 heterocycles. The van der Waals surface area contributed by atoms with E-state index in [4.69, 9.17) is 0 Å². The maximum absolute atomic E-state index is 2.79. The molecule has 20 aromatic rings. The molecular weight excluding hydrogens is 1600 g/mol. The summed E-state index contributed by atoms with van der Waals surface area (Å²) in [7, 11) is 0. The monoisotopic (exact) mass is 1710 g/mol. The Morgan fingerprint density at radius 3 is 0.774 bits per heavy atom. The lowest BCUT2D eigenvalue weighted by Gasteiger charge is -2.46. The van der Waals surface area contributed by atoms with Crippen molar-refractivity contribution in [2.75, 3.05) is 9.80 Å². The van der Waals surface area contributed by atoms with Crippen molar-refractivity contribution >= 4 is 101 Å². The van der Waals surface area contributed by atoms with Gasteiger partial charge in [-0.3, -0.25) is 0 Å². The number of anilines is 6. The van der Waals surface area contributed by atoms with Gasteiger partial charge in [-0.1, -0.05) is 354 Å². The first kappa shape index (κ1) is 83.8. The number of hydrogen-bond acceptors (Lipinski definition) is 2. The molecule has 5 heteroatoms. The molecule has 0 saturated heterocycles. The predicted molar refractivity (Wildman–Crippen MR) is 572 cm³/mol. The van der Waals surface area contributed by atoms with Crippen LogP contribution in [0.25, 0.3) is 155 Å². The first-order chi connectivity index (χ1) is 64.1. The summed E-state index contributed by atoms with van der Waals surface area (Å²) in [6, 6.07) is 148. The van der Waals surface area contributed by atoms with E-state index in [2.05, 4.69) is 512 Å². The summed E-state index contributed by atoms with van der Waals surface area (Å²) in [5, 5.41) is 4.94. The molecule has 2 aromatic heterocycles. The number of hydrogen-bond donors (Lipinski definition) is 0. The Balaban J connectivity index is 0.934. The summed E-state index contributed by atoms with van der Waals surface area (Å²) < 4.78 is 5.11. The Kier molecular flexibility index (Phi) is 20.2. The smallest absolute Gasteiger partial charge is 0.252 e. The van der Waals surface area contributed by atoms with E-state index in [0.29, 0.717) is 0 Å². The largest absolute Gasteiger partial charge is 0.310 e. The highest BCUT2D eigenvalue weighted by molar-refractivity contribution is 7.00. The van der Waals surface area contributed by atoms with Crippen LogP contribution in [0, 0.1) is 27.7 Å². The fraction of sp³-hybridized carbons (Fsp3) is 0.156. The second kappa shape index (κ2) is 32.1. The van der Waals surface area contributed by atoms with E-state index >= 15 is 0 Å². The van der Waals surface area contributed by atoms with Crippen LogP contribution in [0.4, 0.5) is 34.1 Å². The topological polar surface area (TPSA) is 16.3 Å². The lowest BCUT2D eigenvalue weighted by atomic mass is 9.33. The van der Waals surface area contributed by atoms with Crippen LogP contribution in [0.5, 0.6) is 0 Å². The summed E-state index contributed by atoms with van der Waals surface area (Å²) >= 11 is 0. The molecule has 0 aliphatic carbocycles. The summed E-state index contributed by atoms with van der Waals surface area (Å²) in [5.74, 6) is 0. The maximum Gasteiger partial charge on any atom is 0.252 e. The van der Waals surface area contributed by atoms with Crippen LogP contribution in [0.15, 0.2) is 382 Å². The summed E-state index contributed by atoms with van der Waals surface area (Å²) in [6.07, 6.45) is 0. The van der Waals surface area contributed by atoms with Crippen LogP contribution in [0.3, 0.4) is 0 Å². The molecule has 0 radical (unpaired) electrons. The number of fused-ring (bicyclic) bond motifs is 10. The van der Waals surface area contributed by atoms with Crippen molar-refractivity contribution in [2.24, 2.45) is 0 Å². The molecule has 0 spiro atoms. The van der Waals surface area contributed by atoms with Crippen LogP contribution < -0.4 is 26.2 Å². The van der Waals surface area contributed by atoms with Gasteiger partial charge in [0.25, 0.3) is 6.71 Å². The van der Waals surface area contributed by atoms with Gasteiger partial charge in [0.15, 0.2) is 0 Å². The molecular formula is C128H111BN4. The van der Waals surface area contributed by atoms with E-state index in [1.807, 2.05) is 0 Å². The summed E-state index contributed by atoms with van der Waals surface area (Å²) in [4.78, 5) is 5.58. The molecule has 0 atom stereocenters. The lowest BCUT2D eigenvalue weighted by Crippen LogP contribution is -2.61. The van der Waals surface area contributed by atoms with Gasteiger partial charge in [-0.05, 0) is 299 Å². The van der Waals surface area contributed by atoms with Gasteiger partial charge in [0, 0.05) is 77.9 Å². The first-order valence-electron chi connectivity index (χ1n) is 47.4. The van der Waals surface area contributed by atoms with Crippen LogP contribution in [0.1, 0.15) is 128 Å². The second-order valence-corrected chi connectivity index (χ2v) is 41.7. The van der Waals surface area contributed by atoms with Gasteiger partial charge in [0.2, 0.25) is 0 Å². The average molecular weight is 1720 g/mol. The van der Waals surface area contributed by atoms with Gasteiger partial charge < -0.3 is 18.9 Å². The molecule has 0 saturated carbocycles. The standard InChI is InChI=1S/C128H111BN4/c1-80-49-57-114-108(61-80)109-62-81(2)50-58-115(109)130(114)102-53-55-112-118(78-102)132(123-104(86-37-25-19-26-38-86)74-100(127(11,12)13)76-106(123)94-47-31-45-92(67-94)90-43-29-41-88(65-90)84-33-21-17-22-34-84)120-71-97(96-69-98(125(5,6)7)73-99(70-96)126(8,9)10)72-121-122(120)129(112)113-56-54-103(131-116-59-51-82(3)63-110(116)111-64-83(4)52-60-117(111)131)79-119(113)133(121)124-105(87-39-27-20-28-40-87)75-101(128(14,15)16)77-107(124)95-48-32-46-93(68-95)91-44-30-42-89(66-91)85-35-23-18-24-36-85/h17-79H,1-16H3. The Morgan fingerprint density at radius 2 is 0.459 bits per heavy atom. The summed E-state index contributed by atoms with van der Waals surface area (Å²) in [5.41, 5.74) is 46.5. The Bertz CT molecular complexity index is 7490. The van der Waals surface area contributed by atoms with E-state index in [0.717, 1.165) is 145 Å². The molecule has 0 fully saturated rings. The van der Waals surface area contributed by atoms with Gasteiger partial charge in [0.05, 0.1) is 33.4 Å². The SMILES string of the molecule is Cc1ccc2c(c1)c1cc(C)ccc1n2-c1ccc2c(c1)N(c1c(-c3ccccc3)cc(C(C)(C)C)cc1-c1cccc(-c3cccc(-c4ccccc4)c3)c1)c1cc(-c3cc(C(C)(C)C)cc(C(C)(C)C)c3)cc3c1B2c1ccc(-n2c4ccc(C)cc4c4cc(C)ccc42)cc1N3c1c(-c2ccccc2)cc(C(C)(C)C)cc1-c1cccc(-c2cccc(-c3ccccc3)c2)c1. The highest BCUT2D eigenvalue weighted by Gasteiger charge is 2.47. The minimum Gasteiger partial charge on any atom is -0.310 e. The number of nitrogens with zero attached hydrogens (tertiary/aromatic N) is 4. The molecule has 2 aliphatic rings. The molecule has 2 aliphatic heterocycles. The van der Waals surface area contributed by atoms with Crippen molar-refractivity contribution in [3.8, 4) is 112 Å². The molecule has 22 rings (SSSR count). The van der Waals surface area contributed by atoms with Crippen LogP contribution >= 0.6 is 0 Å². The minimum absolute atomic E-state index is 0.224. The third-order valence-electron chi connectivity index (χ3n) is 28.2. The van der Waals surface area contributed by atoms with Crippen molar-refractivity contribution in [2.45, 2.75) is 132 Å². The van der Waals surface area contributed by atoms with Crippen molar-refractivity contribution in [1.82, 2.24) is 9.13 Å². The van der Waals surface area contributed by atoms with E-state index in [-0.39, 0.29) is 28.4 Å². The minimum atomic E-state index is -0.354. The number of benzene rings is 18. The number of aromatic nitrogens is 2. The van der Waals surface area contributed by atoms with Gasteiger partial charge in [0.1, 0.15) is 0 Å². The quantitative estimate of drug-likeness (QED) is 0.107. The van der Waals surface area contributed by atoms with E-state index in [1.54, 1.807) is 0 Å². The highest BCUT2D eigenvalue weighted by atomic mass is 15.2. The highest BCUT2D eigenvalue weighted by Crippen LogP contribution is 2.57. The fourth-order valence-corrected chi connectivity index (χ4v) is 21.1. The van der Waals surface area contributed by atoms with Gasteiger partial charge in [-0.15, -0.1) is 0 Å². The van der Waals surface area contributed by atoms with Gasteiger partial charge >= 0.3 is 0 Å². The van der Waals surface area contributed by atoms with Gasteiger partial charge in [-0.2, -0.15) is 0 Å². The fourth-order valence-electron chi connectivity index (χ4n) is 21.1. The van der Waals surface area contributed by atoms with Crippen molar-refractivity contribution in [3.05, 3.63) is 427 Å². The first-order valence-corrected chi connectivity index (χ1v) is 47.4. The third kappa shape index (κ3) is 14.9. The molecule has 0 amide bonds. The van der Waals surface area contributed by atoms with Crippen LogP contribution in [-0.4, -0.2) is 15.8 Å². The molecule has 646 valence electrons. The van der Waals surface area contributed by atoms with E-state index in [9.17, 15) is 0 Å².